The van der Waals surface area contributed by atoms with Gasteiger partial charge in [-0.2, -0.15) is 13.2 Å². The van der Waals surface area contributed by atoms with Crippen molar-refractivity contribution in [1.82, 2.24) is 56.4 Å². The highest BCUT2D eigenvalue weighted by atomic mass is 35.5. The SMILES string of the molecule is CCO[C@@H]1CNCC2(CCCC2)NC(C)[C@H](C2CCCC2)N2C(C)[C@H](C(=O)N3CCC3)C2CNC(C)[C@H](CC(C)C)NC[C@H]([C@@H](C)CC)NC(C)[C@H](C)N2CCCC2=CN(C)C(CC2CCCCC2)=CN(C)C=CN=C(CCc2ccc(C(F)(F)F)c(Cl)c2)C=CN1. The standard InChI is InChI=1S/C74H124ClF3N12O2/c1-13-52(5)67-45-83-66(42-51(3)4)54(7)82-46-68-70(72(91)88-38-23-39-88)57(10)90(68)71(60-26-18-19-27-60)55(8)85-73(34-20-21-35-73)50-79-47-69(92-14-2)81-36-33-61(31-29-59-30-32-64(65(75)44-59)74(76,77)78)80-37-41-86(11)48-63(43-58-24-16-15-17-25-58)87(12)49-62-28-22-40-89(62)56(9)53(6)84-67/h30,32-33,36-37,41,44,48-49,51-58,60,66-71,79,81-85H,13-29,31,34-35,38-40,42-43,45-47,50H2,1-12H3/t52-,53?,54?,55?,56-,57?,66-,67+,68?,69+,70-,71+/m0/s1. The summed E-state index contributed by atoms with van der Waals surface area (Å²) in [7, 11) is 4.30. The van der Waals surface area contributed by atoms with Crippen LogP contribution >= 0.6 is 11.6 Å². The number of carbonyl (C=O) groups excluding carboxylic acids is 1. The number of amides is 1. The maximum atomic E-state index is 14.6. The van der Waals surface area contributed by atoms with Gasteiger partial charge in [0.2, 0.25) is 5.91 Å². The molecule has 3 saturated heterocycles. The minimum absolute atomic E-state index is 0.0360. The van der Waals surface area contributed by atoms with Gasteiger partial charge in [0.15, 0.2) is 0 Å². The van der Waals surface area contributed by atoms with Crippen LogP contribution in [-0.4, -0.2) is 169 Å². The molecule has 6 fully saturated rings. The molecule has 1 aromatic carbocycles. The zero-order valence-electron chi connectivity index (χ0n) is 58.9. The van der Waals surface area contributed by atoms with E-state index >= 15 is 0 Å². The largest absolute Gasteiger partial charge is 0.417 e. The van der Waals surface area contributed by atoms with Gasteiger partial charge >= 0.3 is 6.18 Å². The second kappa shape index (κ2) is 35.5. The third kappa shape index (κ3) is 20.4. The number of aryl methyl sites for hydroxylation is 1. The van der Waals surface area contributed by atoms with Gasteiger partial charge < -0.3 is 56.2 Å². The topological polar surface area (TPSA) is 127 Å². The summed E-state index contributed by atoms with van der Waals surface area (Å²) in [6.45, 7) is 29.8. The van der Waals surface area contributed by atoms with Gasteiger partial charge in [-0.3, -0.25) is 14.7 Å². The van der Waals surface area contributed by atoms with Crippen molar-refractivity contribution in [2.45, 2.75) is 276 Å². The van der Waals surface area contributed by atoms with Gasteiger partial charge in [0.1, 0.15) is 6.23 Å². The van der Waals surface area contributed by atoms with E-state index in [9.17, 15) is 18.0 Å². The van der Waals surface area contributed by atoms with E-state index in [1.165, 1.54) is 94.2 Å². The number of likely N-dealkylation sites (tertiary alicyclic amines) is 1. The summed E-state index contributed by atoms with van der Waals surface area (Å²) >= 11 is 6.24. The lowest BCUT2D eigenvalue weighted by Crippen LogP contribution is -2.76. The first kappa shape index (κ1) is 74.1. The number of nitrogens with one attached hydrogen (secondary N) is 6. The molecule has 92 heavy (non-hydrogen) atoms. The van der Waals surface area contributed by atoms with Crippen molar-refractivity contribution in [2.75, 3.05) is 66.5 Å². The molecule has 12 atom stereocenters. The van der Waals surface area contributed by atoms with E-state index < -0.39 is 11.7 Å². The second-order valence-electron chi connectivity index (χ2n) is 29.8. The summed E-state index contributed by atoms with van der Waals surface area (Å²) in [6.07, 6.45) is 30.7. The molecule has 520 valence electrons. The molecule has 14 nitrogen and oxygen atoms in total. The van der Waals surface area contributed by atoms with Gasteiger partial charge in [-0.05, 0) is 160 Å². The van der Waals surface area contributed by atoms with Gasteiger partial charge in [0, 0.05) is 175 Å². The smallest absolute Gasteiger partial charge is 0.369 e. The lowest BCUT2D eigenvalue weighted by atomic mass is 9.73. The van der Waals surface area contributed by atoms with Crippen LogP contribution < -0.4 is 31.9 Å². The number of aliphatic imine (C=N–C) groups is 1. The fourth-order valence-electron chi connectivity index (χ4n) is 16.7. The molecule has 1 aromatic rings. The number of ether oxygens (including phenoxy) is 1. The van der Waals surface area contributed by atoms with Crippen molar-refractivity contribution in [1.29, 1.82) is 0 Å². The first-order chi connectivity index (χ1) is 44.1. The average Bonchev–Trinajstić information content (AvgIpc) is 0.915. The lowest BCUT2D eigenvalue weighted by molar-refractivity contribution is -0.165. The molecule has 8 rings (SSSR count). The van der Waals surface area contributed by atoms with Gasteiger partial charge in [0.05, 0.1) is 16.5 Å². The number of allylic oxidation sites excluding steroid dienone is 3. The second-order valence-corrected chi connectivity index (χ2v) is 30.2. The number of nitrogens with zero attached hydrogens (tertiary/aromatic N) is 6. The minimum atomic E-state index is -4.53. The number of halogens is 4. The zero-order chi connectivity index (χ0) is 66.1. The van der Waals surface area contributed by atoms with Crippen molar-refractivity contribution >= 4 is 23.2 Å². The van der Waals surface area contributed by atoms with Crippen molar-refractivity contribution in [3.8, 4) is 0 Å². The highest BCUT2D eigenvalue weighted by Crippen LogP contribution is 2.44. The normalized spacial score (nSPS) is 31.1. The molecule has 3 saturated carbocycles. The summed E-state index contributed by atoms with van der Waals surface area (Å²) < 4.78 is 47.6. The lowest BCUT2D eigenvalue weighted by Gasteiger charge is -2.60. The molecule has 6 N–H and O–H groups in total. The van der Waals surface area contributed by atoms with Crippen molar-refractivity contribution < 1.29 is 22.7 Å². The number of alkyl halides is 3. The molecule has 7 aliphatic rings. The Hall–Kier alpha value is -3.68. The number of hydrogen-bond donors (Lipinski definition) is 6. The van der Waals surface area contributed by atoms with E-state index in [4.69, 9.17) is 21.3 Å². The van der Waals surface area contributed by atoms with Crippen LogP contribution in [0.4, 0.5) is 13.2 Å². The van der Waals surface area contributed by atoms with Crippen LogP contribution in [0.5, 0.6) is 0 Å². The van der Waals surface area contributed by atoms with Crippen LogP contribution in [0.25, 0.3) is 0 Å². The quantitative estimate of drug-likeness (QED) is 0.113. The number of rotatable bonds is 13. The summed E-state index contributed by atoms with van der Waals surface area (Å²) in [5.41, 5.74) is 3.19. The molecular formula is C74H124ClF3N12O2. The first-order valence-electron chi connectivity index (χ1n) is 36.6. The van der Waals surface area contributed by atoms with E-state index in [0.29, 0.717) is 67.2 Å². The maximum absolute atomic E-state index is 14.6. The van der Waals surface area contributed by atoms with Gasteiger partial charge in [-0.25, -0.2) is 0 Å². The summed E-state index contributed by atoms with van der Waals surface area (Å²) in [6, 6.07) is 6.04. The zero-order valence-corrected chi connectivity index (χ0v) is 59.6. The third-order valence-electron chi connectivity index (χ3n) is 22.5. The Labute approximate surface area is 560 Å². The van der Waals surface area contributed by atoms with Gasteiger partial charge in [-0.15, -0.1) is 0 Å². The Morgan fingerprint density at radius 1 is 0.826 bits per heavy atom. The number of hydrogen-bond acceptors (Lipinski definition) is 13. The van der Waals surface area contributed by atoms with Gasteiger partial charge in [0.25, 0.3) is 0 Å². The number of fused-ring (bicyclic) bond motifs is 2. The molecule has 1 amide bonds. The Morgan fingerprint density at radius 2 is 1.55 bits per heavy atom. The fraction of sp³-hybridized carbons (Fsp3) is 0.784. The Balaban J connectivity index is 1.11. The fourth-order valence-corrected chi connectivity index (χ4v) is 17.0. The van der Waals surface area contributed by atoms with E-state index in [-0.39, 0.29) is 71.0 Å². The Kier molecular flexibility index (Phi) is 28.6. The maximum Gasteiger partial charge on any atom is 0.417 e. The molecule has 4 heterocycles. The predicted octanol–water partition coefficient (Wildman–Crippen LogP) is 13.4. The number of benzene rings is 1. The van der Waals surface area contributed by atoms with E-state index in [1.807, 2.05) is 31.6 Å². The molecule has 4 aliphatic heterocycles. The monoisotopic (exact) mass is 1300 g/mol. The molecule has 5 unspecified atom stereocenters. The summed E-state index contributed by atoms with van der Waals surface area (Å²) in [4.78, 5) is 31.8. The molecule has 0 bridgehead atoms. The average molecular weight is 1310 g/mol. The van der Waals surface area contributed by atoms with Crippen molar-refractivity contribution in [2.24, 2.45) is 34.6 Å². The minimum Gasteiger partial charge on any atom is -0.369 e. The summed E-state index contributed by atoms with van der Waals surface area (Å²) in [5.74, 6) is 2.48. The Bertz CT molecular complexity index is 2580. The highest BCUT2D eigenvalue weighted by Gasteiger charge is 2.56. The number of carbonyl (C=O) groups is 1. The molecular weight excluding hydrogens is 1180 g/mol. The molecule has 0 aromatic heterocycles. The Morgan fingerprint density at radius 3 is 2.22 bits per heavy atom. The third-order valence-corrected chi connectivity index (χ3v) is 22.8. The predicted molar refractivity (Wildman–Crippen MR) is 374 cm³/mol. The van der Waals surface area contributed by atoms with Crippen LogP contribution in [0.2, 0.25) is 5.02 Å². The van der Waals surface area contributed by atoms with Crippen molar-refractivity contribution in [3.05, 3.63) is 82.8 Å². The van der Waals surface area contributed by atoms with Crippen LogP contribution in [0, 0.1) is 29.6 Å². The van der Waals surface area contributed by atoms with E-state index in [0.717, 1.165) is 102 Å². The van der Waals surface area contributed by atoms with Crippen molar-refractivity contribution in [3.63, 3.8) is 0 Å². The van der Waals surface area contributed by atoms with Crippen LogP contribution in [0.3, 0.4) is 0 Å². The van der Waals surface area contributed by atoms with Crippen LogP contribution in [-0.2, 0) is 22.1 Å². The highest BCUT2D eigenvalue weighted by molar-refractivity contribution is 6.31. The first-order valence-corrected chi connectivity index (χ1v) is 37.0. The molecule has 1 spiro atoms. The van der Waals surface area contributed by atoms with E-state index in [2.05, 4.69) is 145 Å². The van der Waals surface area contributed by atoms with E-state index in [1.54, 1.807) is 0 Å². The molecule has 0 radical (unpaired) electrons. The van der Waals surface area contributed by atoms with Crippen LogP contribution in [0.15, 0.2) is 71.7 Å². The molecule has 3 aliphatic carbocycles. The van der Waals surface area contributed by atoms with Gasteiger partial charge in [-0.1, -0.05) is 110 Å². The van der Waals surface area contributed by atoms with Crippen LogP contribution in [0.1, 0.15) is 209 Å². The summed E-state index contributed by atoms with van der Waals surface area (Å²) in [5, 5.41) is 24.1. The molecule has 18 heteroatoms.